The highest BCUT2D eigenvalue weighted by Crippen LogP contribution is 2.25. The van der Waals surface area contributed by atoms with Crippen molar-refractivity contribution in [3.8, 4) is 0 Å². The molecule has 2 rings (SSSR count). The van der Waals surface area contributed by atoms with Gasteiger partial charge < -0.3 is 10.2 Å². The van der Waals surface area contributed by atoms with Crippen molar-refractivity contribution in [1.29, 1.82) is 0 Å². The topological polar surface area (TPSA) is 28.2 Å². The van der Waals surface area contributed by atoms with Crippen molar-refractivity contribution in [2.45, 2.75) is 20.3 Å². The van der Waals surface area contributed by atoms with Crippen LogP contribution in [-0.4, -0.2) is 36.1 Å². The van der Waals surface area contributed by atoms with Gasteiger partial charge in [-0.2, -0.15) is 0 Å². The van der Waals surface area contributed by atoms with Crippen LogP contribution in [0, 0.1) is 0 Å². The van der Waals surface area contributed by atoms with E-state index >= 15 is 0 Å². The maximum absolute atomic E-state index is 4.56. The van der Waals surface area contributed by atoms with E-state index in [0.29, 0.717) is 0 Å². The predicted octanol–water partition coefficient (Wildman–Crippen LogP) is 3.44. The third kappa shape index (κ3) is 3.43. The van der Waals surface area contributed by atoms with E-state index < -0.39 is 0 Å². The lowest BCUT2D eigenvalue weighted by molar-refractivity contribution is 0.303. The second-order valence-corrected chi connectivity index (χ2v) is 5.32. The van der Waals surface area contributed by atoms with E-state index in [4.69, 9.17) is 0 Å². The van der Waals surface area contributed by atoms with Gasteiger partial charge >= 0.3 is 0 Å². The monoisotopic (exact) mass is 263 g/mol. The van der Waals surface area contributed by atoms with Gasteiger partial charge in [0.15, 0.2) is 5.13 Å². The van der Waals surface area contributed by atoms with Crippen LogP contribution in [0.5, 0.6) is 0 Å². The molecule has 0 fully saturated rings. The summed E-state index contributed by atoms with van der Waals surface area (Å²) in [6.07, 6.45) is 1.16. The average Bonchev–Trinajstić information content (AvgIpc) is 2.81. The molecular weight excluding hydrogens is 242 g/mol. The molecule has 1 heterocycles. The van der Waals surface area contributed by atoms with E-state index in [9.17, 15) is 0 Å². The maximum atomic E-state index is 4.56. The summed E-state index contributed by atoms with van der Waals surface area (Å²) in [6.45, 7) is 8.85. The lowest BCUT2D eigenvalue weighted by Crippen LogP contribution is -2.25. The molecule has 0 saturated carbocycles. The first-order valence-corrected chi connectivity index (χ1v) is 7.47. The number of nitrogens with one attached hydrogen (secondary N) is 1. The maximum Gasteiger partial charge on any atom is 0.183 e. The molecule has 2 aromatic rings. The Morgan fingerprint density at radius 2 is 2.00 bits per heavy atom. The van der Waals surface area contributed by atoms with Gasteiger partial charge in [0, 0.05) is 6.54 Å². The first kappa shape index (κ1) is 13.3. The highest BCUT2D eigenvalue weighted by molar-refractivity contribution is 7.22. The smallest absolute Gasteiger partial charge is 0.183 e. The molecule has 4 heteroatoms. The molecule has 3 nitrogen and oxygen atoms in total. The lowest BCUT2D eigenvalue weighted by Gasteiger charge is -2.17. The summed E-state index contributed by atoms with van der Waals surface area (Å²) >= 11 is 1.73. The Morgan fingerprint density at radius 1 is 1.22 bits per heavy atom. The number of para-hydroxylation sites is 1. The molecule has 1 aromatic carbocycles. The molecule has 0 radical (unpaired) electrons. The molecule has 0 amide bonds. The Kier molecular flexibility index (Phi) is 4.96. The Labute approximate surface area is 113 Å². The van der Waals surface area contributed by atoms with Crippen LogP contribution in [0.1, 0.15) is 20.3 Å². The minimum atomic E-state index is 0.996. The normalized spacial score (nSPS) is 11.3. The van der Waals surface area contributed by atoms with Gasteiger partial charge in [-0.05, 0) is 38.2 Å². The van der Waals surface area contributed by atoms with Gasteiger partial charge in [-0.3, -0.25) is 0 Å². The van der Waals surface area contributed by atoms with Crippen LogP contribution in [0.4, 0.5) is 5.13 Å². The van der Waals surface area contributed by atoms with Crippen LogP contribution in [0.15, 0.2) is 24.3 Å². The number of benzene rings is 1. The van der Waals surface area contributed by atoms with Crippen molar-refractivity contribution in [3.05, 3.63) is 24.3 Å². The van der Waals surface area contributed by atoms with E-state index in [-0.39, 0.29) is 0 Å². The quantitative estimate of drug-likeness (QED) is 0.776. The molecule has 98 valence electrons. The first-order chi connectivity index (χ1) is 8.83. The molecule has 1 aromatic heterocycles. The van der Waals surface area contributed by atoms with Gasteiger partial charge in [0.2, 0.25) is 0 Å². The largest absolute Gasteiger partial charge is 0.361 e. The molecule has 0 aliphatic heterocycles. The fourth-order valence-corrected chi connectivity index (χ4v) is 2.88. The fourth-order valence-electron chi connectivity index (χ4n) is 1.99. The molecule has 0 atom stereocenters. The molecule has 18 heavy (non-hydrogen) atoms. The highest BCUT2D eigenvalue weighted by atomic mass is 32.1. The molecular formula is C14H21N3S. The first-order valence-electron chi connectivity index (χ1n) is 6.65. The number of thiazole rings is 1. The number of rotatable bonds is 7. The summed E-state index contributed by atoms with van der Waals surface area (Å²) in [4.78, 5) is 7.01. The van der Waals surface area contributed by atoms with Gasteiger partial charge in [-0.25, -0.2) is 4.98 Å². The second kappa shape index (κ2) is 6.71. The van der Waals surface area contributed by atoms with Gasteiger partial charge in [-0.15, -0.1) is 0 Å². The highest BCUT2D eigenvalue weighted by Gasteiger charge is 2.02. The van der Waals surface area contributed by atoms with E-state index in [0.717, 1.165) is 43.2 Å². The molecule has 1 N–H and O–H groups in total. The number of anilines is 1. The van der Waals surface area contributed by atoms with Gasteiger partial charge in [-0.1, -0.05) is 37.3 Å². The van der Waals surface area contributed by atoms with Crippen LogP contribution in [0.2, 0.25) is 0 Å². The minimum Gasteiger partial charge on any atom is -0.361 e. The summed E-state index contributed by atoms with van der Waals surface area (Å²) in [6, 6.07) is 8.28. The van der Waals surface area contributed by atoms with Gasteiger partial charge in [0.1, 0.15) is 0 Å². The van der Waals surface area contributed by atoms with Crippen molar-refractivity contribution in [2.24, 2.45) is 0 Å². The number of aromatic nitrogens is 1. The van der Waals surface area contributed by atoms with Crippen molar-refractivity contribution < 1.29 is 0 Å². The fraction of sp³-hybridized carbons (Fsp3) is 0.500. The van der Waals surface area contributed by atoms with Crippen LogP contribution < -0.4 is 5.32 Å². The van der Waals surface area contributed by atoms with E-state index in [2.05, 4.69) is 47.2 Å². The van der Waals surface area contributed by atoms with Crippen LogP contribution in [0.3, 0.4) is 0 Å². The van der Waals surface area contributed by atoms with E-state index in [1.165, 1.54) is 4.70 Å². The molecule has 0 spiro atoms. The number of hydrogen-bond donors (Lipinski definition) is 1. The van der Waals surface area contributed by atoms with Gasteiger partial charge in [0.25, 0.3) is 0 Å². The zero-order valence-corrected chi connectivity index (χ0v) is 12.0. The molecule has 0 saturated heterocycles. The van der Waals surface area contributed by atoms with Crippen molar-refractivity contribution in [1.82, 2.24) is 9.88 Å². The van der Waals surface area contributed by atoms with Crippen molar-refractivity contribution in [2.75, 3.05) is 31.5 Å². The Balaban J connectivity index is 1.80. The van der Waals surface area contributed by atoms with E-state index in [1.807, 2.05) is 6.07 Å². The zero-order valence-electron chi connectivity index (χ0n) is 11.1. The van der Waals surface area contributed by atoms with Crippen molar-refractivity contribution >= 4 is 26.7 Å². The number of fused-ring (bicyclic) bond motifs is 1. The van der Waals surface area contributed by atoms with Crippen LogP contribution in [0.25, 0.3) is 10.2 Å². The average molecular weight is 263 g/mol. The molecule has 0 aliphatic rings. The van der Waals surface area contributed by atoms with Crippen LogP contribution in [-0.2, 0) is 0 Å². The Bertz CT molecular complexity index is 444. The molecule has 0 aliphatic carbocycles. The summed E-state index contributed by atoms with van der Waals surface area (Å²) < 4.78 is 1.25. The van der Waals surface area contributed by atoms with Crippen molar-refractivity contribution in [3.63, 3.8) is 0 Å². The standard InChI is InChI=1S/C14H21N3S/c1-3-17(4-2)11-7-10-15-14-16-12-8-5-6-9-13(12)18-14/h5-6,8-9H,3-4,7,10-11H2,1-2H3,(H,15,16). The zero-order chi connectivity index (χ0) is 12.8. The summed E-state index contributed by atoms with van der Waals surface area (Å²) in [5.74, 6) is 0. The third-order valence-corrected chi connectivity index (χ3v) is 4.11. The summed E-state index contributed by atoms with van der Waals surface area (Å²) in [7, 11) is 0. The molecule has 0 bridgehead atoms. The number of hydrogen-bond acceptors (Lipinski definition) is 4. The minimum absolute atomic E-state index is 0.996. The number of nitrogens with zero attached hydrogens (tertiary/aromatic N) is 2. The summed E-state index contributed by atoms with van der Waals surface area (Å²) in [5, 5.41) is 4.46. The summed E-state index contributed by atoms with van der Waals surface area (Å²) in [5.41, 5.74) is 1.09. The SMILES string of the molecule is CCN(CC)CCCNc1nc2ccccc2s1. The van der Waals surface area contributed by atoms with E-state index in [1.54, 1.807) is 11.3 Å². The Morgan fingerprint density at radius 3 is 2.72 bits per heavy atom. The predicted molar refractivity (Wildman–Crippen MR) is 80.5 cm³/mol. The lowest BCUT2D eigenvalue weighted by atomic mass is 10.3. The second-order valence-electron chi connectivity index (χ2n) is 4.29. The van der Waals surface area contributed by atoms with Gasteiger partial charge in [0.05, 0.1) is 10.2 Å². The van der Waals surface area contributed by atoms with Crippen LogP contribution >= 0.6 is 11.3 Å². The third-order valence-electron chi connectivity index (χ3n) is 3.12. The Hall–Kier alpha value is -1.13. The molecule has 0 unspecified atom stereocenters.